The van der Waals surface area contributed by atoms with E-state index >= 15 is 0 Å². The van der Waals surface area contributed by atoms with Crippen LogP contribution in [0.1, 0.15) is 17.4 Å². The van der Waals surface area contributed by atoms with Gasteiger partial charge < -0.3 is 19.4 Å². The van der Waals surface area contributed by atoms with Crippen molar-refractivity contribution in [1.82, 2.24) is 14.9 Å². The lowest BCUT2D eigenvalue weighted by molar-refractivity contribution is -0.123. The molecule has 27 heavy (non-hydrogen) atoms. The smallest absolute Gasteiger partial charge is 0.258 e. The highest BCUT2D eigenvalue weighted by Crippen LogP contribution is 2.26. The van der Waals surface area contributed by atoms with E-state index in [4.69, 9.17) is 21.1 Å². The molecule has 1 aromatic heterocycles. The van der Waals surface area contributed by atoms with Crippen LogP contribution in [0.3, 0.4) is 0 Å². The molecule has 0 radical (unpaired) electrons. The van der Waals surface area contributed by atoms with Gasteiger partial charge in [0.2, 0.25) is 0 Å². The van der Waals surface area contributed by atoms with Gasteiger partial charge in [-0.2, -0.15) is 0 Å². The molecule has 6 nitrogen and oxygen atoms in total. The lowest BCUT2D eigenvalue weighted by Gasteiger charge is -2.19. The maximum Gasteiger partial charge on any atom is 0.258 e. The summed E-state index contributed by atoms with van der Waals surface area (Å²) in [6, 6.07) is 14.1. The highest BCUT2D eigenvalue weighted by molar-refractivity contribution is 6.30. The van der Waals surface area contributed by atoms with Crippen molar-refractivity contribution in [2.45, 2.75) is 6.04 Å². The Morgan fingerprint density at radius 3 is 2.52 bits per heavy atom. The first-order chi connectivity index (χ1) is 13.1. The Kier molecular flexibility index (Phi) is 5.98. The van der Waals surface area contributed by atoms with Gasteiger partial charge in [-0.3, -0.25) is 4.79 Å². The molecule has 3 aromatic rings. The topological polar surface area (TPSA) is 65.4 Å². The van der Waals surface area contributed by atoms with Gasteiger partial charge in [0.15, 0.2) is 18.1 Å². The van der Waals surface area contributed by atoms with E-state index in [-0.39, 0.29) is 12.5 Å². The van der Waals surface area contributed by atoms with Gasteiger partial charge in [0, 0.05) is 24.5 Å². The van der Waals surface area contributed by atoms with E-state index in [9.17, 15) is 4.79 Å². The summed E-state index contributed by atoms with van der Waals surface area (Å²) in [4.78, 5) is 16.9. The fraction of sp³-hybridized carbons (Fsp3) is 0.200. The van der Waals surface area contributed by atoms with Crippen molar-refractivity contribution in [3.63, 3.8) is 0 Å². The third kappa shape index (κ3) is 4.60. The van der Waals surface area contributed by atoms with E-state index in [1.54, 1.807) is 37.6 Å². The molecule has 0 aliphatic heterocycles. The average molecular weight is 386 g/mol. The molecule has 1 unspecified atom stereocenters. The van der Waals surface area contributed by atoms with Gasteiger partial charge in [0.05, 0.1) is 7.11 Å². The number of methoxy groups -OCH3 is 1. The van der Waals surface area contributed by atoms with Gasteiger partial charge in [0.25, 0.3) is 5.91 Å². The molecule has 1 atom stereocenters. The summed E-state index contributed by atoms with van der Waals surface area (Å²) in [6.45, 7) is -0.144. The predicted octanol–water partition coefficient (Wildman–Crippen LogP) is 3.37. The lowest BCUT2D eigenvalue weighted by Crippen LogP contribution is -2.34. The van der Waals surface area contributed by atoms with Gasteiger partial charge in [0.1, 0.15) is 11.9 Å². The molecule has 0 aliphatic carbocycles. The monoisotopic (exact) mass is 385 g/mol. The molecule has 140 valence electrons. The number of benzene rings is 2. The molecular formula is C20H20ClN3O3. The van der Waals surface area contributed by atoms with Crippen LogP contribution in [0.25, 0.3) is 0 Å². The summed E-state index contributed by atoms with van der Waals surface area (Å²) in [5.41, 5.74) is 0.874. The van der Waals surface area contributed by atoms with E-state index in [1.807, 2.05) is 42.1 Å². The second kappa shape index (κ2) is 8.60. The van der Waals surface area contributed by atoms with Gasteiger partial charge in [-0.25, -0.2) is 4.98 Å². The number of ether oxygens (including phenoxy) is 2. The van der Waals surface area contributed by atoms with E-state index in [1.165, 1.54) is 0 Å². The van der Waals surface area contributed by atoms with Crippen molar-refractivity contribution in [1.29, 1.82) is 0 Å². The van der Waals surface area contributed by atoms with Gasteiger partial charge in [-0.15, -0.1) is 0 Å². The van der Waals surface area contributed by atoms with Crippen molar-refractivity contribution in [2.75, 3.05) is 13.7 Å². The summed E-state index contributed by atoms with van der Waals surface area (Å²) in [5.74, 6) is 1.52. The molecule has 0 saturated heterocycles. The minimum absolute atomic E-state index is 0.144. The summed E-state index contributed by atoms with van der Waals surface area (Å²) < 4.78 is 12.7. The number of imidazole rings is 1. The molecular weight excluding hydrogens is 366 g/mol. The van der Waals surface area contributed by atoms with Gasteiger partial charge >= 0.3 is 0 Å². The minimum atomic E-state index is -0.420. The SMILES string of the molecule is COc1ccccc1OCC(=O)NC(c1ccc(Cl)cc1)c1nccn1C. The fourth-order valence-corrected chi connectivity index (χ4v) is 2.82. The molecule has 1 heterocycles. The number of carbonyl (C=O) groups is 1. The normalized spacial score (nSPS) is 11.7. The molecule has 0 spiro atoms. The number of para-hydroxylation sites is 2. The largest absolute Gasteiger partial charge is 0.493 e. The molecule has 3 rings (SSSR count). The quantitative estimate of drug-likeness (QED) is 0.677. The summed E-state index contributed by atoms with van der Waals surface area (Å²) in [7, 11) is 3.43. The number of nitrogens with one attached hydrogen (secondary N) is 1. The molecule has 0 aliphatic rings. The van der Waals surface area contributed by atoms with Crippen LogP contribution in [-0.4, -0.2) is 29.2 Å². The zero-order chi connectivity index (χ0) is 19.2. The molecule has 0 fully saturated rings. The molecule has 1 amide bonds. The first-order valence-electron chi connectivity index (χ1n) is 8.36. The molecule has 2 aromatic carbocycles. The fourth-order valence-electron chi connectivity index (χ4n) is 2.69. The number of hydrogen-bond donors (Lipinski definition) is 1. The van der Waals surface area contributed by atoms with Crippen LogP contribution in [0.4, 0.5) is 0 Å². The van der Waals surface area contributed by atoms with Crippen LogP contribution in [0.15, 0.2) is 60.9 Å². The van der Waals surface area contributed by atoms with Crippen LogP contribution >= 0.6 is 11.6 Å². The highest BCUT2D eigenvalue weighted by atomic mass is 35.5. The van der Waals surface area contributed by atoms with E-state index in [2.05, 4.69) is 10.3 Å². The third-order valence-corrected chi connectivity index (χ3v) is 4.31. The second-order valence-electron chi connectivity index (χ2n) is 5.89. The number of nitrogens with zero attached hydrogens (tertiary/aromatic N) is 2. The van der Waals surface area contributed by atoms with Crippen molar-refractivity contribution in [3.8, 4) is 11.5 Å². The Labute approximate surface area is 162 Å². The van der Waals surface area contributed by atoms with Crippen LogP contribution in [0, 0.1) is 0 Å². The van der Waals surface area contributed by atoms with Gasteiger partial charge in [-0.05, 0) is 29.8 Å². The minimum Gasteiger partial charge on any atom is -0.493 e. The van der Waals surface area contributed by atoms with E-state index < -0.39 is 6.04 Å². The Morgan fingerprint density at radius 2 is 1.89 bits per heavy atom. The second-order valence-corrected chi connectivity index (χ2v) is 6.32. The molecule has 0 saturated carbocycles. The number of carbonyl (C=O) groups excluding carboxylic acids is 1. The number of amides is 1. The predicted molar refractivity (Wildman–Crippen MR) is 103 cm³/mol. The Morgan fingerprint density at radius 1 is 1.19 bits per heavy atom. The summed E-state index contributed by atoms with van der Waals surface area (Å²) in [6.07, 6.45) is 3.52. The number of hydrogen-bond acceptors (Lipinski definition) is 4. The van der Waals surface area contributed by atoms with E-state index in [0.717, 1.165) is 5.56 Å². The van der Waals surface area contributed by atoms with Crippen molar-refractivity contribution >= 4 is 17.5 Å². The number of aromatic nitrogens is 2. The zero-order valence-corrected chi connectivity index (χ0v) is 15.8. The van der Waals surface area contributed by atoms with Crippen LogP contribution in [0.2, 0.25) is 5.02 Å². The van der Waals surface area contributed by atoms with Crippen molar-refractivity contribution < 1.29 is 14.3 Å². The van der Waals surface area contributed by atoms with E-state index in [0.29, 0.717) is 22.3 Å². The first-order valence-corrected chi connectivity index (χ1v) is 8.74. The number of rotatable bonds is 7. The third-order valence-electron chi connectivity index (χ3n) is 4.05. The number of aryl methyl sites for hydroxylation is 1. The Bertz CT molecular complexity index is 909. The summed E-state index contributed by atoms with van der Waals surface area (Å²) in [5, 5.41) is 3.60. The van der Waals surface area contributed by atoms with Crippen molar-refractivity contribution in [3.05, 3.63) is 77.3 Å². The summed E-state index contributed by atoms with van der Waals surface area (Å²) >= 11 is 5.98. The standard InChI is InChI=1S/C20H20ClN3O3/c1-24-12-11-22-20(24)19(14-7-9-15(21)10-8-14)23-18(25)13-27-17-6-4-3-5-16(17)26-2/h3-12,19H,13H2,1-2H3,(H,23,25). The maximum absolute atomic E-state index is 12.5. The molecule has 1 N–H and O–H groups in total. The Balaban J connectivity index is 1.75. The first kappa shape index (κ1) is 18.8. The Hall–Kier alpha value is -2.99. The maximum atomic E-state index is 12.5. The highest BCUT2D eigenvalue weighted by Gasteiger charge is 2.21. The van der Waals surface area contributed by atoms with Crippen molar-refractivity contribution in [2.24, 2.45) is 7.05 Å². The lowest BCUT2D eigenvalue weighted by atomic mass is 10.1. The number of halogens is 1. The van der Waals surface area contributed by atoms with Crippen LogP contribution in [0.5, 0.6) is 11.5 Å². The van der Waals surface area contributed by atoms with Gasteiger partial charge in [-0.1, -0.05) is 35.9 Å². The van der Waals surface area contributed by atoms with Crippen LogP contribution < -0.4 is 14.8 Å². The molecule has 7 heteroatoms. The average Bonchev–Trinajstić information content (AvgIpc) is 3.11. The zero-order valence-electron chi connectivity index (χ0n) is 15.1. The van der Waals surface area contributed by atoms with Crippen LogP contribution in [-0.2, 0) is 11.8 Å². The molecule has 0 bridgehead atoms.